The second-order valence-electron chi connectivity index (χ2n) is 6.93. The minimum atomic E-state index is -0.240. The van der Waals surface area contributed by atoms with Gasteiger partial charge in [0.15, 0.2) is 6.54 Å². The van der Waals surface area contributed by atoms with E-state index >= 15 is 0 Å². The van der Waals surface area contributed by atoms with E-state index in [0.717, 1.165) is 30.5 Å². The highest BCUT2D eigenvalue weighted by molar-refractivity contribution is 5.70. The summed E-state index contributed by atoms with van der Waals surface area (Å²) in [4.78, 5) is 25.7. The van der Waals surface area contributed by atoms with Crippen molar-refractivity contribution in [3.63, 3.8) is 0 Å². The molecule has 6 heteroatoms. The lowest BCUT2D eigenvalue weighted by Gasteiger charge is -2.43. The van der Waals surface area contributed by atoms with E-state index in [1.807, 2.05) is 13.8 Å². The van der Waals surface area contributed by atoms with Crippen LogP contribution in [0.3, 0.4) is 0 Å². The van der Waals surface area contributed by atoms with Crippen LogP contribution in [0.2, 0.25) is 0 Å². The molecule has 0 bridgehead atoms. The Kier molecular flexibility index (Phi) is 10.5. The van der Waals surface area contributed by atoms with E-state index in [1.54, 1.807) is 4.90 Å². The van der Waals surface area contributed by atoms with Crippen molar-refractivity contribution in [2.45, 2.75) is 59.3 Å². The number of carbonyl (C=O) groups excluding carboxylic acids is 2. The van der Waals surface area contributed by atoms with Crippen molar-refractivity contribution in [3.8, 4) is 0 Å². The first-order valence-corrected chi connectivity index (χ1v) is 9.99. The Hall–Kier alpha value is -1.30. The molecule has 0 aromatic carbocycles. The highest BCUT2D eigenvalue weighted by Crippen LogP contribution is 2.17. The van der Waals surface area contributed by atoms with Crippen LogP contribution in [0.15, 0.2) is 0 Å². The van der Waals surface area contributed by atoms with Crippen molar-refractivity contribution in [1.29, 1.82) is 0 Å². The quantitative estimate of drug-likeness (QED) is 0.324. The summed E-state index contributed by atoms with van der Waals surface area (Å²) in [6.07, 6.45) is 7.22. The van der Waals surface area contributed by atoms with Gasteiger partial charge in [-0.25, -0.2) is 9.59 Å². The number of amides is 1. The SMILES string of the molecule is CCCCCCCC[N+]1(CC(=O)OCC)CCN(C(=O)OCC)CC1. The molecule has 0 unspecified atom stereocenters. The van der Waals surface area contributed by atoms with Gasteiger partial charge in [-0.1, -0.05) is 32.6 Å². The highest BCUT2D eigenvalue weighted by Gasteiger charge is 2.36. The van der Waals surface area contributed by atoms with Crippen LogP contribution >= 0.6 is 0 Å². The second-order valence-corrected chi connectivity index (χ2v) is 6.93. The molecule has 0 N–H and O–H groups in total. The van der Waals surface area contributed by atoms with Crippen molar-refractivity contribution < 1.29 is 23.5 Å². The Balaban J connectivity index is 2.52. The summed E-state index contributed by atoms with van der Waals surface area (Å²) >= 11 is 0. The van der Waals surface area contributed by atoms with E-state index in [4.69, 9.17) is 9.47 Å². The van der Waals surface area contributed by atoms with E-state index in [1.165, 1.54) is 32.1 Å². The fourth-order valence-electron chi connectivity index (χ4n) is 3.46. The van der Waals surface area contributed by atoms with Gasteiger partial charge in [0.25, 0.3) is 0 Å². The summed E-state index contributed by atoms with van der Waals surface area (Å²) in [5.41, 5.74) is 0. The van der Waals surface area contributed by atoms with Crippen molar-refractivity contribution >= 4 is 12.1 Å². The molecule has 1 heterocycles. The van der Waals surface area contributed by atoms with Gasteiger partial charge < -0.3 is 14.0 Å². The van der Waals surface area contributed by atoms with Crippen molar-refractivity contribution in [1.82, 2.24) is 4.90 Å². The zero-order valence-electron chi connectivity index (χ0n) is 16.4. The first-order chi connectivity index (χ1) is 12.1. The molecule has 1 aliphatic heterocycles. The molecule has 1 fully saturated rings. The largest absolute Gasteiger partial charge is 0.462 e. The van der Waals surface area contributed by atoms with E-state index in [2.05, 4.69) is 6.92 Å². The van der Waals surface area contributed by atoms with Crippen LogP contribution in [0.1, 0.15) is 59.3 Å². The Morgan fingerprint density at radius 3 is 2.08 bits per heavy atom. The predicted octanol–water partition coefficient (Wildman–Crippen LogP) is 3.20. The Morgan fingerprint density at radius 2 is 1.48 bits per heavy atom. The number of carbonyl (C=O) groups is 2. The molecule has 1 rings (SSSR count). The average molecular weight is 358 g/mol. The third-order valence-corrected chi connectivity index (χ3v) is 4.97. The third kappa shape index (κ3) is 8.08. The number of hydrogen-bond acceptors (Lipinski definition) is 4. The Bertz CT molecular complexity index is 393. The number of piperazine rings is 1. The van der Waals surface area contributed by atoms with E-state index in [-0.39, 0.29) is 12.1 Å². The molecule has 1 saturated heterocycles. The van der Waals surface area contributed by atoms with Gasteiger partial charge in [0.2, 0.25) is 0 Å². The summed E-state index contributed by atoms with van der Waals surface area (Å²) in [7, 11) is 0. The highest BCUT2D eigenvalue weighted by atomic mass is 16.6. The number of unbranched alkanes of at least 4 members (excludes halogenated alkanes) is 5. The summed E-state index contributed by atoms with van der Waals surface area (Å²) in [5.74, 6) is -0.127. The van der Waals surface area contributed by atoms with Gasteiger partial charge in [0.05, 0.1) is 45.9 Å². The molecular weight excluding hydrogens is 320 g/mol. The molecule has 0 saturated carbocycles. The zero-order valence-corrected chi connectivity index (χ0v) is 16.4. The van der Waals surface area contributed by atoms with Gasteiger partial charge in [-0.15, -0.1) is 0 Å². The average Bonchev–Trinajstić information content (AvgIpc) is 2.59. The number of quaternary nitrogens is 1. The lowest BCUT2D eigenvalue weighted by Crippen LogP contribution is -2.62. The number of ether oxygens (including phenoxy) is 2. The van der Waals surface area contributed by atoms with Gasteiger partial charge in [-0.2, -0.15) is 0 Å². The minimum absolute atomic E-state index is 0.127. The normalized spacial score (nSPS) is 16.5. The molecular formula is C19H37N2O4+. The fourth-order valence-corrected chi connectivity index (χ4v) is 3.46. The van der Waals surface area contributed by atoms with Crippen LogP contribution in [-0.4, -0.2) is 73.9 Å². The molecule has 146 valence electrons. The number of nitrogens with zero attached hydrogens (tertiary/aromatic N) is 2. The molecule has 0 aromatic heterocycles. The van der Waals surface area contributed by atoms with Gasteiger partial charge in [-0.3, -0.25) is 4.90 Å². The maximum Gasteiger partial charge on any atom is 0.410 e. The molecule has 0 atom stereocenters. The molecule has 1 aliphatic rings. The Morgan fingerprint density at radius 1 is 0.880 bits per heavy atom. The number of esters is 1. The minimum Gasteiger partial charge on any atom is -0.462 e. The topological polar surface area (TPSA) is 55.8 Å². The van der Waals surface area contributed by atoms with Crippen molar-refractivity contribution in [2.75, 3.05) is 52.5 Å². The van der Waals surface area contributed by atoms with Crippen LogP contribution in [-0.2, 0) is 14.3 Å². The van der Waals surface area contributed by atoms with Crippen LogP contribution in [0, 0.1) is 0 Å². The molecule has 0 spiro atoms. The summed E-state index contributed by atoms with van der Waals surface area (Å²) in [6.45, 7) is 11.0. The molecule has 6 nitrogen and oxygen atoms in total. The fraction of sp³-hybridized carbons (Fsp3) is 0.895. The van der Waals surface area contributed by atoms with Crippen LogP contribution in [0.5, 0.6) is 0 Å². The Labute approximate surface area is 153 Å². The van der Waals surface area contributed by atoms with E-state index in [9.17, 15) is 9.59 Å². The lowest BCUT2D eigenvalue weighted by molar-refractivity contribution is -0.925. The molecule has 0 aliphatic carbocycles. The molecule has 1 amide bonds. The molecule has 0 aromatic rings. The molecule has 25 heavy (non-hydrogen) atoms. The van der Waals surface area contributed by atoms with Crippen LogP contribution in [0.25, 0.3) is 0 Å². The predicted molar refractivity (Wildman–Crippen MR) is 98.3 cm³/mol. The third-order valence-electron chi connectivity index (χ3n) is 4.97. The summed E-state index contributed by atoms with van der Waals surface area (Å²) in [5, 5.41) is 0. The lowest BCUT2D eigenvalue weighted by atomic mass is 10.1. The standard InChI is InChI=1S/C19H37N2O4/c1-4-7-8-9-10-11-14-21(17-18(22)24-5-2)15-12-20(13-16-21)19(23)25-6-3/h4-17H2,1-3H3/q+1. The van der Waals surface area contributed by atoms with E-state index < -0.39 is 0 Å². The monoisotopic (exact) mass is 357 g/mol. The van der Waals surface area contributed by atoms with Crippen molar-refractivity contribution in [3.05, 3.63) is 0 Å². The van der Waals surface area contributed by atoms with Crippen LogP contribution in [0.4, 0.5) is 4.79 Å². The first kappa shape index (κ1) is 21.7. The van der Waals surface area contributed by atoms with Gasteiger partial charge in [0.1, 0.15) is 0 Å². The number of rotatable bonds is 11. The maximum absolute atomic E-state index is 12.1. The van der Waals surface area contributed by atoms with Crippen LogP contribution < -0.4 is 0 Å². The van der Waals surface area contributed by atoms with E-state index in [0.29, 0.717) is 32.8 Å². The second kappa shape index (κ2) is 12.1. The maximum atomic E-state index is 12.1. The molecule has 0 radical (unpaired) electrons. The zero-order chi connectivity index (χ0) is 18.5. The van der Waals surface area contributed by atoms with Gasteiger partial charge in [0, 0.05) is 0 Å². The smallest absolute Gasteiger partial charge is 0.410 e. The first-order valence-electron chi connectivity index (χ1n) is 9.99. The number of hydrogen-bond donors (Lipinski definition) is 0. The van der Waals surface area contributed by atoms with Gasteiger partial charge >= 0.3 is 12.1 Å². The summed E-state index contributed by atoms with van der Waals surface area (Å²) in [6, 6.07) is 0. The van der Waals surface area contributed by atoms with Crippen molar-refractivity contribution in [2.24, 2.45) is 0 Å². The van der Waals surface area contributed by atoms with Gasteiger partial charge in [-0.05, 0) is 26.7 Å². The summed E-state index contributed by atoms with van der Waals surface area (Å²) < 4.78 is 11.0.